The van der Waals surface area contributed by atoms with Crippen molar-refractivity contribution in [3.05, 3.63) is 17.7 Å². The zero-order valence-corrected chi connectivity index (χ0v) is 16.6. The Morgan fingerprint density at radius 1 is 1.25 bits per heavy atom. The summed E-state index contributed by atoms with van der Waals surface area (Å²) in [7, 11) is -1.67. The highest BCUT2D eigenvalue weighted by atomic mass is 32.2. The Morgan fingerprint density at radius 2 is 2.00 bits per heavy atom. The van der Waals surface area contributed by atoms with E-state index in [0.29, 0.717) is 43.4 Å². The summed E-state index contributed by atoms with van der Waals surface area (Å²) in [5, 5.41) is 0. The average Bonchev–Trinajstić information content (AvgIpc) is 3.05. The lowest BCUT2D eigenvalue weighted by Crippen LogP contribution is -2.43. The number of fused-ring (bicyclic) bond motifs is 1. The zero-order valence-electron chi connectivity index (χ0n) is 15.8. The number of esters is 1. The van der Waals surface area contributed by atoms with Crippen molar-refractivity contribution in [3.63, 3.8) is 0 Å². The number of hydrogen-bond donors (Lipinski definition) is 0. The van der Waals surface area contributed by atoms with Gasteiger partial charge in [-0.2, -0.15) is 0 Å². The fraction of sp³-hybridized carbons (Fsp3) is 0.556. The van der Waals surface area contributed by atoms with E-state index in [9.17, 15) is 18.0 Å². The Balaban J connectivity index is 1.65. The van der Waals surface area contributed by atoms with Gasteiger partial charge in [-0.25, -0.2) is 13.2 Å². The van der Waals surface area contributed by atoms with Crippen LogP contribution in [-0.4, -0.2) is 76.2 Å². The molecule has 0 unspecified atom stereocenters. The first-order chi connectivity index (χ1) is 13.3. The summed E-state index contributed by atoms with van der Waals surface area (Å²) in [6.45, 7) is 2.36. The minimum atomic E-state index is -3.12. The third-order valence-corrected chi connectivity index (χ3v) is 6.45. The summed E-state index contributed by atoms with van der Waals surface area (Å²) >= 11 is 0. The zero-order chi connectivity index (χ0) is 20.3. The molecule has 0 saturated carbocycles. The SMILES string of the molecule is CCN(C(=O)COC(=O)c1cc(OC)c2c(c1)OCCO2)[C@H]1CCS(=O)(=O)C1. The Kier molecular flexibility index (Phi) is 5.97. The number of carbonyl (C=O) groups is 2. The molecular formula is C18H23NO8S. The number of nitrogens with zero attached hydrogens (tertiary/aromatic N) is 1. The lowest BCUT2D eigenvalue weighted by atomic mass is 10.1. The molecule has 10 heteroatoms. The van der Waals surface area contributed by atoms with Gasteiger partial charge in [-0.1, -0.05) is 0 Å². The Morgan fingerprint density at radius 3 is 2.64 bits per heavy atom. The van der Waals surface area contributed by atoms with E-state index < -0.39 is 28.3 Å². The van der Waals surface area contributed by atoms with Crippen molar-refractivity contribution in [1.29, 1.82) is 0 Å². The van der Waals surface area contributed by atoms with E-state index in [1.54, 1.807) is 6.92 Å². The van der Waals surface area contributed by atoms with Crippen LogP contribution in [0.25, 0.3) is 0 Å². The van der Waals surface area contributed by atoms with Gasteiger partial charge in [0, 0.05) is 12.6 Å². The predicted molar refractivity (Wildman–Crippen MR) is 98.7 cm³/mol. The fourth-order valence-electron chi connectivity index (χ4n) is 3.34. The highest BCUT2D eigenvalue weighted by Gasteiger charge is 2.34. The highest BCUT2D eigenvalue weighted by Crippen LogP contribution is 2.40. The van der Waals surface area contributed by atoms with Crippen LogP contribution in [0, 0.1) is 0 Å². The van der Waals surface area contributed by atoms with Crippen LogP contribution >= 0.6 is 0 Å². The molecule has 2 aliphatic rings. The van der Waals surface area contributed by atoms with Gasteiger partial charge in [0.2, 0.25) is 5.75 Å². The van der Waals surface area contributed by atoms with E-state index >= 15 is 0 Å². The van der Waals surface area contributed by atoms with E-state index in [0.717, 1.165) is 0 Å². The van der Waals surface area contributed by atoms with Gasteiger partial charge in [0.15, 0.2) is 27.9 Å². The molecule has 0 bridgehead atoms. The number of sulfone groups is 1. The van der Waals surface area contributed by atoms with Crippen LogP contribution in [0.4, 0.5) is 0 Å². The van der Waals surface area contributed by atoms with Crippen molar-refractivity contribution in [2.75, 3.05) is 45.0 Å². The summed E-state index contributed by atoms with van der Waals surface area (Å²) in [6.07, 6.45) is 0.398. The number of ether oxygens (including phenoxy) is 4. The number of amides is 1. The van der Waals surface area contributed by atoms with E-state index in [1.165, 1.54) is 24.1 Å². The Hall–Kier alpha value is -2.49. The van der Waals surface area contributed by atoms with Crippen molar-refractivity contribution in [2.24, 2.45) is 0 Å². The van der Waals surface area contributed by atoms with Crippen molar-refractivity contribution in [1.82, 2.24) is 4.90 Å². The molecule has 1 aromatic rings. The molecule has 154 valence electrons. The summed E-state index contributed by atoms with van der Waals surface area (Å²) in [4.78, 5) is 26.3. The second kappa shape index (κ2) is 8.26. The molecule has 0 radical (unpaired) electrons. The van der Waals surface area contributed by atoms with Crippen LogP contribution < -0.4 is 14.2 Å². The van der Waals surface area contributed by atoms with Crippen LogP contribution in [0.2, 0.25) is 0 Å². The molecule has 1 aromatic carbocycles. The molecule has 0 spiro atoms. The largest absolute Gasteiger partial charge is 0.493 e. The van der Waals surface area contributed by atoms with Gasteiger partial charge in [0.1, 0.15) is 13.2 Å². The van der Waals surface area contributed by atoms with Gasteiger partial charge in [0.25, 0.3) is 5.91 Å². The maximum atomic E-state index is 12.4. The van der Waals surface area contributed by atoms with Crippen molar-refractivity contribution < 1.29 is 37.0 Å². The van der Waals surface area contributed by atoms with Crippen molar-refractivity contribution in [3.8, 4) is 17.2 Å². The number of hydrogen-bond acceptors (Lipinski definition) is 8. The third kappa shape index (κ3) is 4.32. The van der Waals surface area contributed by atoms with E-state index in [4.69, 9.17) is 18.9 Å². The molecule has 1 atom stereocenters. The van der Waals surface area contributed by atoms with Gasteiger partial charge in [0.05, 0.1) is 24.2 Å². The first kappa shape index (κ1) is 20.2. The van der Waals surface area contributed by atoms with Crippen LogP contribution in [0.5, 0.6) is 17.2 Å². The second-order valence-corrected chi connectivity index (χ2v) is 8.74. The van der Waals surface area contributed by atoms with Crippen LogP contribution in [0.1, 0.15) is 23.7 Å². The molecule has 28 heavy (non-hydrogen) atoms. The normalized spacial score (nSPS) is 19.7. The average molecular weight is 413 g/mol. The molecule has 9 nitrogen and oxygen atoms in total. The molecule has 2 heterocycles. The lowest BCUT2D eigenvalue weighted by molar-refractivity contribution is -0.136. The van der Waals surface area contributed by atoms with E-state index in [2.05, 4.69) is 0 Å². The minimum Gasteiger partial charge on any atom is -0.493 e. The lowest BCUT2D eigenvalue weighted by Gasteiger charge is -2.26. The first-order valence-corrected chi connectivity index (χ1v) is 10.8. The molecule has 1 saturated heterocycles. The summed E-state index contributed by atoms with van der Waals surface area (Å²) in [5.41, 5.74) is 0.167. The van der Waals surface area contributed by atoms with Gasteiger partial charge in [-0.05, 0) is 25.5 Å². The Bertz CT molecular complexity index is 849. The van der Waals surface area contributed by atoms with E-state index in [-0.39, 0.29) is 23.1 Å². The monoisotopic (exact) mass is 413 g/mol. The van der Waals surface area contributed by atoms with Crippen LogP contribution in [-0.2, 0) is 19.4 Å². The number of methoxy groups -OCH3 is 1. The maximum Gasteiger partial charge on any atom is 0.338 e. The molecule has 0 aliphatic carbocycles. The molecule has 2 aliphatic heterocycles. The Labute approximate surface area is 163 Å². The smallest absolute Gasteiger partial charge is 0.338 e. The second-order valence-electron chi connectivity index (χ2n) is 6.52. The first-order valence-electron chi connectivity index (χ1n) is 8.99. The summed E-state index contributed by atoms with van der Waals surface area (Å²) in [5.74, 6) is -0.00261. The minimum absolute atomic E-state index is 0.0557. The predicted octanol–water partition coefficient (Wildman–Crippen LogP) is 0.659. The number of likely N-dealkylation sites (N-methyl/N-ethyl adjacent to an activating group) is 1. The van der Waals surface area contributed by atoms with Gasteiger partial charge >= 0.3 is 5.97 Å². The number of rotatable bonds is 6. The van der Waals surface area contributed by atoms with Crippen LogP contribution in [0.3, 0.4) is 0 Å². The third-order valence-electron chi connectivity index (χ3n) is 4.70. The fourth-order valence-corrected chi connectivity index (χ4v) is 5.07. The van der Waals surface area contributed by atoms with Crippen molar-refractivity contribution >= 4 is 21.7 Å². The standard InChI is InChI=1S/C18H23NO8S/c1-3-19(13-4-7-28(22,23)11-13)16(20)10-27-18(21)12-8-14(24-2)17-15(9-12)25-5-6-26-17/h8-9,13H,3-7,10-11H2,1-2H3/t13-/m0/s1. The summed E-state index contributed by atoms with van der Waals surface area (Å²) < 4.78 is 44.6. The molecule has 0 aromatic heterocycles. The molecule has 0 N–H and O–H groups in total. The number of carbonyl (C=O) groups excluding carboxylic acids is 2. The van der Waals surface area contributed by atoms with Crippen molar-refractivity contribution in [2.45, 2.75) is 19.4 Å². The topological polar surface area (TPSA) is 108 Å². The summed E-state index contributed by atoms with van der Waals surface area (Å²) in [6, 6.07) is 2.56. The van der Waals surface area contributed by atoms with Gasteiger partial charge < -0.3 is 23.8 Å². The molecule has 3 rings (SSSR count). The quantitative estimate of drug-likeness (QED) is 0.626. The van der Waals surface area contributed by atoms with Crippen LogP contribution in [0.15, 0.2) is 12.1 Å². The molecule has 1 fully saturated rings. The molecular weight excluding hydrogens is 390 g/mol. The number of benzene rings is 1. The highest BCUT2D eigenvalue weighted by molar-refractivity contribution is 7.91. The van der Waals surface area contributed by atoms with Gasteiger partial charge in [-0.3, -0.25) is 4.79 Å². The molecule has 1 amide bonds. The van der Waals surface area contributed by atoms with E-state index in [1.807, 2.05) is 0 Å². The maximum absolute atomic E-state index is 12.4. The van der Waals surface area contributed by atoms with Gasteiger partial charge in [-0.15, -0.1) is 0 Å².